The topological polar surface area (TPSA) is 75.7 Å². The summed E-state index contributed by atoms with van der Waals surface area (Å²) >= 11 is 0. The quantitative estimate of drug-likeness (QED) is 0.672. The molecular weight excluding hydrogens is 395 g/mol. The van der Waals surface area contributed by atoms with Crippen molar-refractivity contribution in [3.8, 4) is 5.75 Å². The maximum Gasteiger partial charge on any atom is 0.243 e. The van der Waals surface area contributed by atoms with E-state index in [0.717, 1.165) is 9.87 Å². The van der Waals surface area contributed by atoms with E-state index in [1.165, 1.54) is 18.2 Å². The Bertz CT molecular complexity index is 946. The van der Waals surface area contributed by atoms with Crippen LogP contribution < -0.4 is 10.1 Å². The van der Waals surface area contributed by atoms with E-state index in [0.29, 0.717) is 17.9 Å². The van der Waals surface area contributed by atoms with Gasteiger partial charge in [-0.05, 0) is 62.2 Å². The highest BCUT2D eigenvalue weighted by molar-refractivity contribution is 7.89. The number of rotatable bonds is 9. The number of aryl methyl sites for hydroxylation is 1. The van der Waals surface area contributed by atoms with Crippen molar-refractivity contribution in [3.05, 3.63) is 59.4 Å². The Morgan fingerprint density at radius 2 is 1.83 bits per heavy atom. The fourth-order valence-electron chi connectivity index (χ4n) is 2.90. The summed E-state index contributed by atoms with van der Waals surface area (Å²) in [5, 5.41) is 2.75. The number of halogens is 1. The molecule has 6 nitrogen and oxygen atoms in total. The molecule has 8 heteroatoms. The van der Waals surface area contributed by atoms with Crippen LogP contribution in [0.1, 0.15) is 37.9 Å². The summed E-state index contributed by atoms with van der Waals surface area (Å²) in [7, 11) is -3.84. The SMILES string of the molecule is CCOc1ccc(S(=O)(=O)N(CC)CC(=O)N[C@H](C)c2ccc(F)cc2)cc1C. The lowest BCUT2D eigenvalue weighted by Gasteiger charge is -2.22. The summed E-state index contributed by atoms with van der Waals surface area (Å²) in [6, 6.07) is 10.1. The molecule has 2 aromatic rings. The van der Waals surface area contributed by atoms with Crippen LogP contribution in [0.2, 0.25) is 0 Å². The van der Waals surface area contributed by atoms with E-state index < -0.39 is 15.9 Å². The maximum absolute atomic E-state index is 13.1. The predicted molar refractivity (Wildman–Crippen MR) is 110 cm³/mol. The number of sulfonamides is 1. The zero-order valence-electron chi connectivity index (χ0n) is 17.1. The summed E-state index contributed by atoms with van der Waals surface area (Å²) in [5.41, 5.74) is 1.44. The van der Waals surface area contributed by atoms with Crippen molar-refractivity contribution < 1.29 is 22.3 Å². The minimum atomic E-state index is -3.84. The van der Waals surface area contributed by atoms with Crippen molar-refractivity contribution in [2.75, 3.05) is 19.7 Å². The molecule has 0 spiro atoms. The van der Waals surface area contributed by atoms with Crippen LogP contribution in [-0.2, 0) is 14.8 Å². The van der Waals surface area contributed by atoms with E-state index in [2.05, 4.69) is 5.32 Å². The second-order valence-electron chi connectivity index (χ2n) is 6.63. The van der Waals surface area contributed by atoms with Gasteiger partial charge in [0.1, 0.15) is 11.6 Å². The molecule has 158 valence electrons. The van der Waals surface area contributed by atoms with Gasteiger partial charge in [-0.15, -0.1) is 0 Å². The number of carbonyl (C=O) groups excluding carboxylic acids is 1. The summed E-state index contributed by atoms with van der Waals surface area (Å²) in [4.78, 5) is 12.5. The lowest BCUT2D eigenvalue weighted by molar-refractivity contribution is -0.121. The van der Waals surface area contributed by atoms with Gasteiger partial charge >= 0.3 is 0 Å². The molecule has 1 amide bonds. The molecule has 0 saturated heterocycles. The Balaban J connectivity index is 2.12. The van der Waals surface area contributed by atoms with Crippen molar-refractivity contribution in [3.63, 3.8) is 0 Å². The van der Waals surface area contributed by atoms with E-state index in [1.54, 1.807) is 45.0 Å². The van der Waals surface area contributed by atoms with E-state index in [1.807, 2.05) is 6.92 Å². The number of carbonyl (C=O) groups is 1. The highest BCUT2D eigenvalue weighted by Crippen LogP contribution is 2.24. The van der Waals surface area contributed by atoms with Gasteiger partial charge in [0.2, 0.25) is 15.9 Å². The summed E-state index contributed by atoms with van der Waals surface area (Å²) in [6.45, 7) is 7.39. The first-order valence-corrected chi connectivity index (χ1v) is 10.9. The first-order valence-electron chi connectivity index (χ1n) is 9.47. The third-order valence-corrected chi connectivity index (χ3v) is 6.42. The van der Waals surface area contributed by atoms with Crippen LogP contribution in [0, 0.1) is 12.7 Å². The van der Waals surface area contributed by atoms with Gasteiger partial charge in [0.15, 0.2) is 0 Å². The third kappa shape index (κ3) is 5.77. The predicted octanol–water partition coefficient (Wildman–Crippen LogP) is 3.42. The Hall–Kier alpha value is -2.45. The van der Waals surface area contributed by atoms with Crippen molar-refractivity contribution in [1.82, 2.24) is 9.62 Å². The number of hydrogen-bond acceptors (Lipinski definition) is 4. The van der Waals surface area contributed by atoms with Crippen molar-refractivity contribution >= 4 is 15.9 Å². The van der Waals surface area contributed by atoms with Crippen LogP contribution in [0.15, 0.2) is 47.4 Å². The van der Waals surface area contributed by atoms with E-state index in [9.17, 15) is 17.6 Å². The van der Waals surface area contributed by atoms with Gasteiger partial charge in [-0.2, -0.15) is 4.31 Å². The van der Waals surface area contributed by atoms with Gasteiger partial charge in [0, 0.05) is 6.54 Å². The van der Waals surface area contributed by atoms with Crippen molar-refractivity contribution in [2.45, 2.75) is 38.6 Å². The summed E-state index contributed by atoms with van der Waals surface area (Å²) in [5.74, 6) is -0.170. The highest BCUT2D eigenvalue weighted by atomic mass is 32.2. The lowest BCUT2D eigenvalue weighted by atomic mass is 10.1. The third-order valence-electron chi connectivity index (χ3n) is 4.50. The van der Waals surface area contributed by atoms with Crippen LogP contribution in [0.4, 0.5) is 4.39 Å². The fraction of sp³-hybridized carbons (Fsp3) is 0.381. The first-order chi connectivity index (χ1) is 13.7. The molecule has 0 aliphatic rings. The Labute approximate surface area is 171 Å². The van der Waals surface area contributed by atoms with Gasteiger partial charge in [-0.1, -0.05) is 19.1 Å². The zero-order valence-corrected chi connectivity index (χ0v) is 17.9. The number of amides is 1. The molecule has 0 saturated carbocycles. The van der Waals surface area contributed by atoms with Gasteiger partial charge < -0.3 is 10.1 Å². The monoisotopic (exact) mass is 422 g/mol. The van der Waals surface area contributed by atoms with Gasteiger partial charge in [0.05, 0.1) is 24.1 Å². The molecule has 2 aromatic carbocycles. The van der Waals surface area contributed by atoms with Crippen molar-refractivity contribution in [2.24, 2.45) is 0 Å². The van der Waals surface area contributed by atoms with Crippen LogP contribution in [-0.4, -0.2) is 38.3 Å². The molecular formula is C21H27FN2O4S. The molecule has 0 heterocycles. The van der Waals surface area contributed by atoms with Crippen LogP contribution in [0.5, 0.6) is 5.75 Å². The molecule has 1 N–H and O–H groups in total. The molecule has 0 unspecified atom stereocenters. The van der Waals surface area contributed by atoms with Crippen LogP contribution in [0.25, 0.3) is 0 Å². The number of ether oxygens (including phenoxy) is 1. The smallest absolute Gasteiger partial charge is 0.243 e. The van der Waals surface area contributed by atoms with Gasteiger partial charge in [-0.3, -0.25) is 4.79 Å². The van der Waals surface area contributed by atoms with Crippen LogP contribution in [0.3, 0.4) is 0 Å². The molecule has 0 aliphatic heterocycles. The number of hydrogen-bond donors (Lipinski definition) is 1. The van der Waals surface area contributed by atoms with Gasteiger partial charge in [-0.25, -0.2) is 12.8 Å². The zero-order chi connectivity index (χ0) is 21.6. The Kier molecular flexibility index (Phi) is 7.75. The standard InChI is InChI=1S/C21H27FN2O4S/c1-5-24(14-21(25)23-16(4)17-7-9-18(22)10-8-17)29(26,27)19-11-12-20(28-6-2)15(3)13-19/h7-13,16H,5-6,14H2,1-4H3,(H,23,25)/t16-/m1/s1. The number of nitrogens with one attached hydrogen (secondary N) is 1. The first kappa shape index (κ1) is 22.8. The molecule has 2 rings (SSSR count). The number of benzene rings is 2. The van der Waals surface area contributed by atoms with E-state index >= 15 is 0 Å². The Morgan fingerprint density at radius 1 is 1.17 bits per heavy atom. The average molecular weight is 423 g/mol. The molecule has 0 aliphatic carbocycles. The van der Waals surface area contributed by atoms with Crippen molar-refractivity contribution in [1.29, 1.82) is 0 Å². The minimum Gasteiger partial charge on any atom is -0.494 e. The summed E-state index contributed by atoms with van der Waals surface area (Å²) < 4.78 is 45.6. The van der Waals surface area contributed by atoms with Crippen LogP contribution >= 0.6 is 0 Å². The van der Waals surface area contributed by atoms with E-state index in [-0.39, 0.29) is 29.8 Å². The molecule has 0 radical (unpaired) electrons. The highest BCUT2D eigenvalue weighted by Gasteiger charge is 2.26. The molecule has 0 fully saturated rings. The molecule has 0 aromatic heterocycles. The van der Waals surface area contributed by atoms with E-state index in [4.69, 9.17) is 4.74 Å². The maximum atomic E-state index is 13.1. The molecule has 1 atom stereocenters. The molecule has 29 heavy (non-hydrogen) atoms. The number of likely N-dealkylation sites (N-methyl/N-ethyl adjacent to an activating group) is 1. The van der Waals surface area contributed by atoms with Gasteiger partial charge in [0.25, 0.3) is 0 Å². The summed E-state index contributed by atoms with van der Waals surface area (Å²) in [6.07, 6.45) is 0. The normalized spacial score (nSPS) is 12.6. The second kappa shape index (κ2) is 9.84. The Morgan fingerprint density at radius 3 is 2.38 bits per heavy atom. The average Bonchev–Trinajstić information content (AvgIpc) is 2.68. The number of nitrogens with zero attached hydrogens (tertiary/aromatic N) is 1. The lowest BCUT2D eigenvalue weighted by Crippen LogP contribution is -2.41. The molecule has 0 bridgehead atoms. The fourth-order valence-corrected chi connectivity index (χ4v) is 4.39. The second-order valence-corrected chi connectivity index (χ2v) is 8.57. The minimum absolute atomic E-state index is 0.111. The largest absolute Gasteiger partial charge is 0.494 e.